The van der Waals surface area contributed by atoms with Crippen LogP contribution in [-0.2, 0) is 9.53 Å². The fraction of sp³-hybridized carbons (Fsp3) is 0.967. The summed E-state index contributed by atoms with van der Waals surface area (Å²) in [5, 5.41) is 22.2. The molecule has 0 aromatic heterocycles. The van der Waals surface area contributed by atoms with E-state index in [4.69, 9.17) is 4.74 Å². The van der Waals surface area contributed by atoms with Crippen molar-refractivity contribution in [3.63, 3.8) is 0 Å². The smallest absolute Gasteiger partial charge is 0.312 e. The molecule has 0 unspecified atom stereocenters. The Morgan fingerprint density at radius 3 is 2.26 bits per heavy atom. The van der Waals surface area contributed by atoms with Gasteiger partial charge in [-0.15, -0.1) is 0 Å². The maximum atomic E-state index is 13.2. The van der Waals surface area contributed by atoms with Crippen molar-refractivity contribution in [1.29, 1.82) is 0 Å². The average Bonchev–Trinajstić information content (AvgIpc) is 3.23. The molecule has 1 saturated heterocycles. The molecule has 34 heavy (non-hydrogen) atoms. The minimum Gasteiger partial charge on any atom is -0.461 e. The number of aliphatic hydroxyl groups is 2. The first-order valence-corrected chi connectivity index (χ1v) is 14.2. The van der Waals surface area contributed by atoms with Crippen molar-refractivity contribution in [2.75, 3.05) is 0 Å². The van der Waals surface area contributed by atoms with Crippen molar-refractivity contribution in [2.45, 2.75) is 124 Å². The van der Waals surface area contributed by atoms with Gasteiger partial charge in [-0.05, 0) is 111 Å². The summed E-state index contributed by atoms with van der Waals surface area (Å²) in [5.74, 6) is 2.02. The zero-order valence-electron chi connectivity index (χ0n) is 22.6. The van der Waals surface area contributed by atoms with Crippen LogP contribution >= 0.6 is 0 Å². The lowest BCUT2D eigenvalue weighted by molar-refractivity contribution is -0.257. The quantitative estimate of drug-likeness (QED) is 0.478. The molecule has 5 saturated carbocycles. The highest BCUT2D eigenvalue weighted by molar-refractivity contribution is 5.81. The van der Waals surface area contributed by atoms with Gasteiger partial charge in [0.2, 0.25) is 0 Å². The number of rotatable bonds is 1. The molecule has 0 amide bonds. The van der Waals surface area contributed by atoms with E-state index in [-0.39, 0.29) is 57.1 Å². The van der Waals surface area contributed by atoms with E-state index in [1.165, 1.54) is 25.7 Å². The van der Waals surface area contributed by atoms with Crippen LogP contribution in [0.25, 0.3) is 0 Å². The molecule has 2 N–H and O–H groups in total. The zero-order valence-corrected chi connectivity index (χ0v) is 22.6. The molecule has 6 aliphatic rings. The van der Waals surface area contributed by atoms with E-state index >= 15 is 0 Å². The largest absolute Gasteiger partial charge is 0.461 e. The highest BCUT2D eigenvalue weighted by Gasteiger charge is 2.76. The van der Waals surface area contributed by atoms with Crippen LogP contribution in [0.1, 0.15) is 106 Å². The Morgan fingerprint density at radius 2 is 1.59 bits per heavy atom. The number of carbonyl (C=O) groups is 1. The molecule has 1 spiro atoms. The lowest BCUT2D eigenvalue weighted by atomic mass is 9.32. The second kappa shape index (κ2) is 6.63. The molecule has 0 aromatic carbocycles. The van der Waals surface area contributed by atoms with Gasteiger partial charge in [0.25, 0.3) is 0 Å². The standard InChI is InChI=1S/C30H48O4/c1-25(2)19-10-13-29(7)20(27(19,5)12-11-21(25)31)9-8-17-22-23(26(3,4)33)18-16-30(22,24(32)34-18)15-14-28(17,29)6/h17-23,31,33H,8-16H2,1-7H3/t17-,18+,19-,20-,21+,22-,23-,27+,28-,29-,30-/m1/s1. The maximum absolute atomic E-state index is 13.2. The minimum atomic E-state index is -0.832. The van der Waals surface area contributed by atoms with E-state index < -0.39 is 5.60 Å². The molecule has 6 rings (SSSR count). The molecule has 0 radical (unpaired) electrons. The maximum Gasteiger partial charge on any atom is 0.312 e. The monoisotopic (exact) mass is 472 g/mol. The Balaban J connectivity index is 1.42. The van der Waals surface area contributed by atoms with Crippen LogP contribution in [0.4, 0.5) is 0 Å². The number of hydrogen-bond donors (Lipinski definition) is 2. The van der Waals surface area contributed by atoms with Crippen molar-refractivity contribution < 1.29 is 19.7 Å². The van der Waals surface area contributed by atoms with Gasteiger partial charge in [-0.25, -0.2) is 0 Å². The van der Waals surface area contributed by atoms with Crippen LogP contribution in [0.3, 0.4) is 0 Å². The van der Waals surface area contributed by atoms with E-state index in [1.807, 2.05) is 13.8 Å². The molecule has 192 valence electrons. The van der Waals surface area contributed by atoms with E-state index in [9.17, 15) is 15.0 Å². The molecule has 4 heteroatoms. The fourth-order valence-corrected chi connectivity index (χ4v) is 12.2. The second-order valence-electron chi connectivity index (χ2n) is 15.6. The Labute approximate surface area is 206 Å². The summed E-state index contributed by atoms with van der Waals surface area (Å²) >= 11 is 0. The lowest BCUT2D eigenvalue weighted by Crippen LogP contribution is -2.68. The number of ether oxygens (including phenoxy) is 1. The fourth-order valence-electron chi connectivity index (χ4n) is 12.2. The first-order valence-electron chi connectivity index (χ1n) is 14.2. The van der Waals surface area contributed by atoms with E-state index in [0.29, 0.717) is 17.8 Å². The van der Waals surface area contributed by atoms with Crippen LogP contribution in [0.5, 0.6) is 0 Å². The normalized spacial score (nSPS) is 57.8. The number of aliphatic hydroxyl groups excluding tert-OH is 1. The van der Waals surface area contributed by atoms with Gasteiger partial charge >= 0.3 is 5.97 Å². The molecular weight excluding hydrogens is 424 g/mol. The molecular formula is C30H48O4. The number of esters is 1. The van der Waals surface area contributed by atoms with Gasteiger partial charge in [0.15, 0.2) is 0 Å². The average molecular weight is 473 g/mol. The second-order valence-corrected chi connectivity index (χ2v) is 15.6. The molecule has 1 heterocycles. The SMILES string of the molecule is CC(C)(O)[C@H]1[C@H]2[C@H]3CC[C@@H]4[C@@]5(C)CC[C@H](O)C(C)(C)[C@H]5CC[C@@]4(C)[C@]3(C)CC[C@@]23C[C@@H]1OC3=O. The van der Waals surface area contributed by atoms with Gasteiger partial charge < -0.3 is 14.9 Å². The van der Waals surface area contributed by atoms with Crippen LogP contribution in [0, 0.1) is 56.7 Å². The van der Waals surface area contributed by atoms with Gasteiger partial charge in [-0.2, -0.15) is 0 Å². The van der Waals surface area contributed by atoms with Gasteiger partial charge in [0.1, 0.15) is 6.10 Å². The number of hydrogen-bond acceptors (Lipinski definition) is 4. The topological polar surface area (TPSA) is 66.8 Å². The number of fused-ring (bicyclic) bond motifs is 7. The highest BCUT2D eigenvalue weighted by atomic mass is 16.6. The van der Waals surface area contributed by atoms with Gasteiger partial charge in [-0.3, -0.25) is 4.79 Å². The molecule has 6 fully saturated rings. The van der Waals surface area contributed by atoms with E-state index in [1.54, 1.807) is 0 Å². The molecule has 2 bridgehead atoms. The minimum absolute atomic E-state index is 0.0247. The summed E-state index contributed by atoms with van der Waals surface area (Å²) in [6, 6.07) is 0. The van der Waals surface area contributed by atoms with Gasteiger partial charge in [-0.1, -0.05) is 34.6 Å². The number of carbonyl (C=O) groups excluding carboxylic acids is 1. The molecule has 11 atom stereocenters. The summed E-state index contributed by atoms with van der Waals surface area (Å²) in [6.07, 6.45) is 9.43. The first-order chi connectivity index (χ1) is 15.6. The van der Waals surface area contributed by atoms with Crippen molar-refractivity contribution in [2.24, 2.45) is 56.7 Å². The lowest BCUT2D eigenvalue weighted by Gasteiger charge is -2.73. The Bertz CT molecular complexity index is 904. The van der Waals surface area contributed by atoms with Gasteiger partial charge in [0, 0.05) is 12.3 Å². The molecule has 4 nitrogen and oxygen atoms in total. The predicted octanol–water partition coefficient (Wildman–Crippen LogP) is 5.74. The van der Waals surface area contributed by atoms with E-state index in [0.717, 1.165) is 32.1 Å². The van der Waals surface area contributed by atoms with Crippen molar-refractivity contribution >= 4 is 5.97 Å². The Kier molecular flexibility index (Phi) is 4.63. The van der Waals surface area contributed by atoms with Crippen molar-refractivity contribution in [3.8, 4) is 0 Å². The molecule has 1 aliphatic heterocycles. The van der Waals surface area contributed by atoms with E-state index in [2.05, 4.69) is 34.6 Å². The zero-order chi connectivity index (χ0) is 24.7. The van der Waals surface area contributed by atoms with Crippen molar-refractivity contribution in [3.05, 3.63) is 0 Å². The summed E-state index contributed by atoms with van der Waals surface area (Å²) in [6.45, 7) is 16.3. The third-order valence-corrected chi connectivity index (χ3v) is 13.9. The predicted molar refractivity (Wildman–Crippen MR) is 132 cm³/mol. The molecule has 5 aliphatic carbocycles. The first kappa shape index (κ1) is 23.8. The van der Waals surface area contributed by atoms with Crippen LogP contribution < -0.4 is 0 Å². The van der Waals surface area contributed by atoms with Crippen LogP contribution in [0.2, 0.25) is 0 Å². The third-order valence-electron chi connectivity index (χ3n) is 13.9. The van der Waals surface area contributed by atoms with Crippen molar-refractivity contribution in [1.82, 2.24) is 0 Å². The summed E-state index contributed by atoms with van der Waals surface area (Å²) in [5.41, 5.74) is -0.543. The summed E-state index contributed by atoms with van der Waals surface area (Å²) < 4.78 is 5.90. The highest BCUT2D eigenvalue weighted by Crippen LogP contribution is 2.78. The third kappa shape index (κ3) is 2.51. The van der Waals surface area contributed by atoms with Gasteiger partial charge in [0.05, 0.1) is 17.1 Å². The van der Waals surface area contributed by atoms with Crippen LogP contribution in [-0.4, -0.2) is 34.0 Å². The summed E-state index contributed by atoms with van der Waals surface area (Å²) in [4.78, 5) is 13.2. The van der Waals surface area contributed by atoms with Crippen LogP contribution in [0.15, 0.2) is 0 Å². The summed E-state index contributed by atoms with van der Waals surface area (Å²) in [7, 11) is 0. The Hall–Kier alpha value is -0.610. The Morgan fingerprint density at radius 1 is 0.882 bits per heavy atom. The molecule has 0 aromatic rings.